The summed E-state index contributed by atoms with van der Waals surface area (Å²) in [5.74, 6) is 1.46. The van der Waals surface area contributed by atoms with E-state index in [0.29, 0.717) is 5.75 Å². The zero-order valence-electron chi connectivity index (χ0n) is 14.0. The van der Waals surface area contributed by atoms with E-state index in [2.05, 4.69) is 26.7 Å². The molecule has 24 heavy (non-hydrogen) atoms. The maximum atomic E-state index is 12.4. The van der Waals surface area contributed by atoms with Crippen LogP contribution in [0, 0.1) is 0 Å². The van der Waals surface area contributed by atoms with E-state index in [0.717, 1.165) is 49.0 Å². The van der Waals surface area contributed by atoms with E-state index in [1.54, 1.807) is 12.4 Å². The number of nitrogens with zero attached hydrogens (tertiary/aromatic N) is 5. The SMILES string of the molecule is CCn1c(SCC(=O)N2CCCCCC2)nnc1-c1ccncc1. The summed E-state index contributed by atoms with van der Waals surface area (Å²) in [6.07, 6.45) is 8.20. The Kier molecular flexibility index (Phi) is 5.85. The van der Waals surface area contributed by atoms with E-state index in [1.807, 2.05) is 17.0 Å². The Morgan fingerprint density at radius 1 is 1.12 bits per heavy atom. The van der Waals surface area contributed by atoms with Crippen molar-refractivity contribution in [3.05, 3.63) is 24.5 Å². The van der Waals surface area contributed by atoms with Crippen molar-refractivity contribution in [2.45, 2.75) is 44.3 Å². The molecule has 3 heterocycles. The second-order valence-electron chi connectivity index (χ2n) is 5.87. The minimum atomic E-state index is 0.206. The Morgan fingerprint density at radius 2 is 1.83 bits per heavy atom. The standard InChI is InChI=1S/C17H23N5OS/c1-2-22-16(14-7-9-18-10-8-14)19-20-17(22)24-13-15(23)21-11-5-3-4-6-12-21/h7-10H,2-6,11-13H2,1H3. The number of likely N-dealkylation sites (tertiary alicyclic amines) is 1. The van der Waals surface area contributed by atoms with Gasteiger partial charge in [0.15, 0.2) is 11.0 Å². The summed E-state index contributed by atoms with van der Waals surface area (Å²) in [7, 11) is 0. The van der Waals surface area contributed by atoms with Gasteiger partial charge >= 0.3 is 0 Å². The number of hydrogen-bond acceptors (Lipinski definition) is 5. The summed E-state index contributed by atoms with van der Waals surface area (Å²) in [6.45, 7) is 4.61. The predicted octanol–water partition coefficient (Wildman–Crippen LogP) is 2.85. The highest BCUT2D eigenvalue weighted by Gasteiger charge is 2.18. The maximum absolute atomic E-state index is 12.4. The molecule has 2 aromatic rings. The summed E-state index contributed by atoms with van der Waals surface area (Å²) in [5, 5.41) is 9.38. The maximum Gasteiger partial charge on any atom is 0.233 e. The molecule has 1 saturated heterocycles. The van der Waals surface area contributed by atoms with E-state index in [-0.39, 0.29) is 5.91 Å². The van der Waals surface area contributed by atoms with Gasteiger partial charge in [0.05, 0.1) is 5.75 Å². The van der Waals surface area contributed by atoms with Crippen molar-refractivity contribution < 1.29 is 4.79 Å². The number of aromatic nitrogens is 4. The van der Waals surface area contributed by atoms with Gasteiger partial charge in [-0.1, -0.05) is 24.6 Å². The fraction of sp³-hybridized carbons (Fsp3) is 0.529. The first-order valence-electron chi connectivity index (χ1n) is 8.53. The molecule has 7 heteroatoms. The summed E-state index contributed by atoms with van der Waals surface area (Å²) in [6, 6.07) is 3.85. The second-order valence-corrected chi connectivity index (χ2v) is 6.81. The Labute approximate surface area is 146 Å². The highest BCUT2D eigenvalue weighted by molar-refractivity contribution is 7.99. The van der Waals surface area contributed by atoms with Crippen LogP contribution in [0.15, 0.2) is 29.7 Å². The summed E-state index contributed by atoms with van der Waals surface area (Å²) in [5.41, 5.74) is 0.991. The van der Waals surface area contributed by atoms with Gasteiger partial charge in [-0.2, -0.15) is 0 Å². The lowest BCUT2D eigenvalue weighted by Crippen LogP contribution is -2.33. The third-order valence-corrected chi connectivity index (χ3v) is 5.21. The molecule has 0 aliphatic carbocycles. The van der Waals surface area contributed by atoms with Crippen LogP contribution in [0.25, 0.3) is 11.4 Å². The van der Waals surface area contributed by atoms with Gasteiger partial charge in [0.1, 0.15) is 0 Å². The number of carbonyl (C=O) groups excluding carboxylic acids is 1. The first-order chi connectivity index (χ1) is 11.8. The molecule has 0 unspecified atom stereocenters. The first kappa shape index (κ1) is 17.0. The second kappa shape index (κ2) is 8.28. The Balaban J connectivity index is 1.67. The lowest BCUT2D eigenvalue weighted by atomic mass is 10.2. The van der Waals surface area contributed by atoms with E-state index < -0.39 is 0 Å². The van der Waals surface area contributed by atoms with Crippen LogP contribution in [0.4, 0.5) is 0 Å². The molecular weight excluding hydrogens is 322 g/mol. The van der Waals surface area contributed by atoms with E-state index in [4.69, 9.17) is 0 Å². The quantitative estimate of drug-likeness (QED) is 0.780. The Morgan fingerprint density at radius 3 is 2.50 bits per heavy atom. The van der Waals surface area contributed by atoms with Crippen LogP contribution in [0.1, 0.15) is 32.6 Å². The molecule has 0 N–H and O–H groups in total. The third kappa shape index (κ3) is 3.95. The topological polar surface area (TPSA) is 63.9 Å². The van der Waals surface area contributed by atoms with Crippen LogP contribution in [0.2, 0.25) is 0 Å². The molecule has 0 radical (unpaired) electrons. The average Bonchev–Trinajstić information content (AvgIpc) is 2.84. The lowest BCUT2D eigenvalue weighted by Gasteiger charge is -2.19. The van der Waals surface area contributed by atoms with Gasteiger partial charge in [0.2, 0.25) is 5.91 Å². The monoisotopic (exact) mass is 345 g/mol. The van der Waals surface area contributed by atoms with Crippen molar-refractivity contribution in [1.29, 1.82) is 0 Å². The molecule has 1 aliphatic heterocycles. The molecule has 0 atom stereocenters. The third-order valence-electron chi connectivity index (χ3n) is 4.26. The van der Waals surface area contributed by atoms with E-state index >= 15 is 0 Å². The van der Waals surface area contributed by atoms with Gasteiger partial charge in [-0.15, -0.1) is 10.2 Å². The smallest absolute Gasteiger partial charge is 0.233 e. The van der Waals surface area contributed by atoms with Gasteiger partial charge in [-0.3, -0.25) is 9.78 Å². The molecule has 128 valence electrons. The number of rotatable bonds is 5. The molecule has 6 nitrogen and oxygen atoms in total. The number of hydrogen-bond donors (Lipinski definition) is 0. The van der Waals surface area contributed by atoms with Crippen molar-refractivity contribution >= 4 is 17.7 Å². The zero-order chi connectivity index (χ0) is 16.8. The normalized spacial score (nSPS) is 15.3. The number of thioether (sulfide) groups is 1. The molecule has 0 bridgehead atoms. The largest absolute Gasteiger partial charge is 0.342 e. The van der Waals surface area contributed by atoms with Gasteiger partial charge < -0.3 is 9.47 Å². The van der Waals surface area contributed by atoms with Crippen LogP contribution in [-0.4, -0.2) is 49.4 Å². The molecule has 0 spiro atoms. The van der Waals surface area contributed by atoms with Crippen LogP contribution in [0.3, 0.4) is 0 Å². The lowest BCUT2D eigenvalue weighted by molar-refractivity contribution is -0.128. The average molecular weight is 345 g/mol. The van der Waals surface area contributed by atoms with Gasteiger partial charge in [-0.25, -0.2) is 0 Å². The van der Waals surface area contributed by atoms with Gasteiger partial charge in [0, 0.05) is 37.6 Å². The molecule has 1 amide bonds. The van der Waals surface area contributed by atoms with Crippen LogP contribution < -0.4 is 0 Å². The predicted molar refractivity (Wildman–Crippen MR) is 94.7 cm³/mol. The highest BCUT2D eigenvalue weighted by Crippen LogP contribution is 2.24. The number of carbonyl (C=O) groups is 1. The van der Waals surface area contributed by atoms with Crippen LogP contribution in [-0.2, 0) is 11.3 Å². The fourth-order valence-corrected chi connectivity index (χ4v) is 3.84. The molecule has 1 fully saturated rings. The summed E-state index contributed by atoms with van der Waals surface area (Å²) < 4.78 is 2.05. The Hall–Kier alpha value is -1.89. The van der Waals surface area contributed by atoms with Gasteiger partial charge in [0.25, 0.3) is 0 Å². The zero-order valence-corrected chi connectivity index (χ0v) is 14.8. The summed E-state index contributed by atoms with van der Waals surface area (Å²) >= 11 is 1.48. The molecule has 0 aromatic carbocycles. The van der Waals surface area contributed by atoms with E-state index in [1.165, 1.54) is 24.6 Å². The van der Waals surface area contributed by atoms with Crippen LogP contribution >= 0.6 is 11.8 Å². The molecule has 1 aliphatic rings. The highest BCUT2D eigenvalue weighted by atomic mass is 32.2. The molecule has 2 aromatic heterocycles. The number of pyridine rings is 1. The molecular formula is C17H23N5OS. The van der Waals surface area contributed by atoms with Crippen molar-refractivity contribution in [1.82, 2.24) is 24.6 Å². The number of amides is 1. The fourth-order valence-electron chi connectivity index (χ4n) is 2.93. The first-order valence-corrected chi connectivity index (χ1v) is 9.52. The van der Waals surface area contributed by atoms with Crippen molar-refractivity contribution in [3.63, 3.8) is 0 Å². The van der Waals surface area contributed by atoms with Crippen molar-refractivity contribution in [3.8, 4) is 11.4 Å². The van der Waals surface area contributed by atoms with Crippen LogP contribution in [0.5, 0.6) is 0 Å². The summed E-state index contributed by atoms with van der Waals surface area (Å²) in [4.78, 5) is 18.5. The van der Waals surface area contributed by atoms with Crippen molar-refractivity contribution in [2.24, 2.45) is 0 Å². The van der Waals surface area contributed by atoms with E-state index in [9.17, 15) is 4.79 Å². The van der Waals surface area contributed by atoms with Crippen molar-refractivity contribution in [2.75, 3.05) is 18.8 Å². The minimum absolute atomic E-state index is 0.206. The Bertz CT molecular complexity index is 665. The minimum Gasteiger partial charge on any atom is -0.342 e. The van der Waals surface area contributed by atoms with Gasteiger partial charge in [-0.05, 0) is 31.9 Å². The molecule has 0 saturated carbocycles. The molecule has 3 rings (SSSR count).